The number of likely N-dealkylation sites (tertiary alicyclic amines) is 1. The number of aliphatic hydroxyl groups is 1. The van der Waals surface area contributed by atoms with Crippen LogP contribution >= 0.6 is 0 Å². The molecule has 1 aliphatic heterocycles. The molecule has 1 heterocycles. The second-order valence-electron chi connectivity index (χ2n) is 6.29. The van der Waals surface area contributed by atoms with Gasteiger partial charge in [-0.15, -0.1) is 0 Å². The molecule has 0 radical (unpaired) electrons. The van der Waals surface area contributed by atoms with Crippen molar-refractivity contribution in [1.82, 2.24) is 10.2 Å². The molecule has 0 saturated carbocycles. The lowest BCUT2D eigenvalue weighted by Crippen LogP contribution is -2.43. The Morgan fingerprint density at radius 2 is 1.96 bits per heavy atom. The van der Waals surface area contributed by atoms with Crippen LogP contribution in [0.4, 0.5) is 8.78 Å². The van der Waals surface area contributed by atoms with Crippen molar-refractivity contribution in [2.75, 3.05) is 26.2 Å². The number of rotatable bonds is 7. The Bertz CT molecular complexity index is 619. The molecule has 1 aromatic rings. The lowest BCUT2D eigenvalue weighted by Gasteiger charge is -2.31. The number of amides is 1. The van der Waals surface area contributed by atoms with Crippen molar-refractivity contribution >= 4 is 11.9 Å². The van der Waals surface area contributed by atoms with Crippen molar-refractivity contribution in [1.29, 1.82) is 0 Å². The van der Waals surface area contributed by atoms with Crippen LogP contribution in [0.5, 0.6) is 0 Å². The van der Waals surface area contributed by atoms with Gasteiger partial charge < -0.3 is 15.5 Å². The molecule has 2 rings (SSSR count). The van der Waals surface area contributed by atoms with E-state index in [1.54, 1.807) is 0 Å². The van der Waals surface area contributed by atoms with E-state index in [9.17, 15) is 18.4 Å². The van der Waals surface area contributed by atoms with Crippen molar-refractivity contribution in [3.63, 3.8) is 0 Å². The first-order chi connectivity index (χ1) is 11.9. The third kappa shape index (κ3) is 5.75. The number of carboxylic acids is 1. The van der Waals surface area contributed by atoms with E-state index in [4.69, 9.17) is 10.2 Å². The highest BCUT2D eigenvalue weighted by molar-refractivity contribution is 5.79. The summed E-state index contributed by atoms with van der Waals surface area (Å²) in [5.74, 6) is -3.04. The third-order valence-electron chi connectivity index (χ3n) is 4.38. The largest absolute Gasteiger partial charge is 0.481 e. The number of carboxylic acid groups (broad SMARTS) is 1. The Hall–Kier alpha value is -2.06. The van der Waals surface area contributed by atoms with E-state index in [2.05, 4.69) is 5.32 Å². The fourth-order valence-electron chi connectivity index (χ4n) is 2.97. The summed E-state index contributed by atoms with van der Waals surface area (Å²) in [5, 5.41) is 20.6. The number of aliphatic carboxylic acids is 1. The minimum absolute atomic E-state index is 0.0591. The SMILES string of the molecule is O=C(O)C[C@H](NC(=O)CN1CCC(CO)CC1)c1ccc(F)cc1F. The van der Waals surface area contributed by atoms with Crippen LogP contribution < -0.4 is 5.32 Å². The van der Waals surface area contributed by atoms with E-state index in [-0.39, 0.29) is 24.6 Å². The monoisotopic (exact) mass is 356 g/mol. The van der Waals surface area contributed by atoms with Gasteiger partial charge in [0.2, 0.25) is 5.91 Å². The van der Waals surface area contributed by atoms with Gasteiger partial charge in [-0.05, 0) is 37.9 Å². The fourth-order valence-corrected chi connectivity index (χ4v) is 2.97. The average molecular weight is 356 g/mol. The molecule has 1 saturated heterocycles. The lowest BCUT2D eigenvalue weighted by atomic mass is 9.98. The minimum Gasteiger partial charge on any atom is -0.481 e. The number of nitrogens with one attached hydrogen (secondary N) is 1. The molecule has 1 aliphatic rings. The number of carbonyl (C=O) groups is 2. The summed E-state index contributed by atoms with van der Waals surface area (Å²) < 4.78 is 27.0. The number of benzene rings is 1. The highest BCUT2D eigenvalue weighted by Crippen LogP contribution is 2.22. The number of nitrogens with zero attached hydrogens (tertiary/aromatic N) is 1. The number of halogens is 2. The first-order valence-electron chi connectivity index (χ1n) is 8.18. The zero-order valence-electron chi connectivity index (χ0n) is 13.8. The molecule has 1 amide bonds. The number of hydrogen-bond acceptors (Lipinski definition) is 4. The first-order valence-corrected chi connectivity index (χ1v) is 8.18. The highest BCUT2D eigenvalue weighted by Gasteiger charge is 2.24. The van der Waals surface area contributed by atoms with Gasteiger partial charge in [0.25, 0.3) is 0 Å². The molecule has 1 aromatic carbocycles. The number of aliphatic hydroxyl groups excluding tert-OH is 1. The summed E-state index contributed by atoms with van der Waals surface area (Å²) in [5.41, 5.74) is -0.0591. The zero-order chi connectivity index (χ0) is 18.4. The molecule has 0 aliphatic carbocycles. The van der Waals surface area contributed by atoms with Gasteiger partial charge >= 0.3 is 5.97 Å². The van der Waals surface area contributed by atoms with Crippen LogP contribution in [0, 0.1) is 17.6 Å². The maximum Gasteiger partial charge on any atom is 0.305 e. The molecular formula is C17H22F2N2O4. The second kappa shape index (κ2) is 8.87. The summed E-state index contributed by atoms with van der Waals surface area (Å²) in [6.45, 7) is 1.52. The maximum atomic E-state index is 13.9. The summed E-state index contributed by atoms with van der Waals surface area (Å²) in [7, 11) is 0. The van der Waals surface area contributed by atoms with Gasteiger partial charge in [0.05, 0.1) is 19.0 Å². The Balaban J connectivity index is 1.99. The van der Waals surface area contributed by atoms with Crippen LogP contribution in [-0.4, -0.2) is 53.2 Å². The molecule has 0 spiro atoms. The molecule has 8 heteroatoms. The van der Waals surface area contributed by atoms with E-state index in [1.807, 2.05) is 4.90 Å². The van der Waals surface area contributed by atoms with Gasteiger partial charge in [0, 0.05) is 18.2 Å². The van der Waals surface area contributed by atoms with Crippen LogP contribution in [-0.2, 0) is 9.59 Å². The van der Waals surface area contributed by atoms with Crippen molar-refractivity contribution in [2.24, 2.45) is 5.92 Å². The summed E-state index contributed by atoms with van der Waals surface area (Å²) in [6, 6.07) is 1.76. The van der Waals surface area contributed by atoms with Crippen molar-refractivity contribution in [3.8, 4) is 0 Å². The summed E-state index contributed by atoms with van der Waals surface area (Å²) >= 11 is 0. The van der Waals surface area contributed by atoms with E-state index in [0.717, 1.165) is 25.0 Å². The number of carbonyl (C=O) groups excluding carboxylic acids is 1. The molecule has 0 bridgehead atoms. The van der Waals surface area contributed by atoms with E-state index in [1.165, 1.54) is 0 Å². The Labute approximate surface area is 144 Å². The van der Waals surface area contributed by atoms with Crippen LogP contribution in [0.3, 0.4) is 0 Å². The van der Waals surface area contributed by atoms with Crippen molar-refractivity contribution in [3.05, 3.63) is 35.4 Å². The average Bonchev–Trinajstić information content (AvgIpc) is 2.54. The molecule has 3 N–H and O–H groups in total. The van der Waals surface area contributed by atoms with Gasteiger partial charge in [0.15, 0.2) is 0 Å². The Morgan fingerprint density at radius 1 is 1.28 bits per heavy atom. The Kier molecular flexibility index (Phi) is 6.83. The molecule has 0 unspecified atom stereocenters. The third-order valence-corrected chi connectivity index (χ3v) is 4.38. The van der Waals surface area contributed by atoms with Crippen LogP contribution in [0.15, 0.2) is 18.2 Å². The van der Waals surface area contributed by atoms with Gasteiger partial charge in [-0.2, -0.15) is 0 Å². The maximum absolute atomic E-state index is 13.9. The lowest BCUT2D eigenvalue weighted by molar-refractivity contribution is -0.137. The summed E-state index contributed by atoms with van der Waals surface area (Å²) in [6.07, 6.45) is 1.07. The van der Waals surface area contributed by atoms with E-state index >= 15 is 0 Å². The van der Waals surface area contributed by atoms with Gasteiger partial charge in [-0.25, -0.2) is 8.78 Å². The molecule has 138 valence electrons. The minimum atomic E-state index is -1.20. The molecule has 0 aromatic heterocycles. The fraction of sp³-hybridized carbons (Fsp3) is 0.529. The highest BCUT2D eigenvalue weighted by atomic mass is 19.1. The van der Waals surface area contributed by atoms with E-state index < -0.39 is 36.0 Å². The smallest absolute Gasteiger partial charge is 0.305 e. The quantitative estimate of drug-likeness (QED) is 0.685. The predicted molar refractivity (Wildman–Crippen MR) is 85.7 cm³/mol. The molecule has 1 atom stereocenters. The molecule has 1 fully saturated rings. The van der Waals surface area contributed by atoms with Gasteiger partial charge in [-0.3, -0.25) is 14.5 Å². The first kappa shape index (κ1) is 19.3. The number of hydrogen-bond donors (Lipinski definition) is 3. The standard InChI is InChI=1S/C17H22F2N2O4/c18-12-1-2-13(14(19)7-12)15(8-17(24)25)20-16(23)9-21-5-3-11(10-22)4-6-21/h1-2,7,11,15,22H,3-6,8-10H2,(H,20,23)(H,24,25)/t15-/m0/s1. The van der Waals surface area contributed by atoms with Crippen LogP contribution in [0.1, 0.15) is 30.9 Å². The predicted octanol–water partition coefficient (Wildman–Crippen LogP) is 1.30. The normalized spacial score (nSPS) is 17.2. The van der Waals surface area contributed by atoms with E-state index in [0.29, 0.717) is 19.2 Å². The Morgan fingerprint density at radius 3 is 2.52 bits per heavy atom. The molecule has 6 nitrogen and oxygen atoms in total. The topological polar surface area (TPSA) is 89.9 Å². The van der Waals surface area contributed by atoms with Crippen molar-refractivity contribution in [2.45, 2.75) is 25.3 Å². The molecule has 25 heavy (non-hydrogen) atoms. The van der Waals surface area contributed by atoms with Gasteiger partial charge in [-0.1, -0.05) is 6.07 Å². The summed E-state index contributed by atoms with van der Waals surface area (Å²) in [4.78, 5) is 25.1. The van der Waals surface area contributed by atoms with Crippen molar-refractivity contribution < 1.29 is 28.6 Å². The number of piperidine rings is 1. The molecular weight excluding hydrogens is 334 g/mol. The zero-order valence-corrected chi connectivity index (χ0v) is 13.8. The van der Waals surface area contributed by atoms with Crippen LogP contribution in [0.25, 0.3) is 0 Å². The van der Waals surface area contributed by atoms with Crippen LogP contribution in [0.2, 0.25) is 0 Å². The second-order valence-corrected chi connectivity index (χ2v) is 6.29. The van der Waals surface area contributed by atoms with Gasteiger partial charge in [0.1, 0.15) is 11.6 Å².